The molecule has 1 N–H and O–H groups in total. The molecule has 1 unspecified atom stereocenters. The molecule has 3 heterocycles. The van der Waals surface area contributed by atoms with Crippen molar-refractivity contribution >= 4 is 11.3 Å². The summed E-state index contributed by atoms with van der Waals surface area (Å²) >= 11 is 1.77. The van der Waals surface area contributed by atoms with Gasteiger partial charge in [0, 0.05) is 23.7 Å². The van der Waals surface area contributed by atoms with Crippen LogP contribution in [0.25, 0.3) is 11.3 Å². The Balaban J connectivity index is 1.92. The minimum absolute atomic E-state index is 0.449. The van der Waals surface area contributed by atoms with Gasteiger partial charge in [0.25, 0.3) is 0 Å². The summed E-state index contributed by atoms with van der Waals surface area (Å²) in [6.07, 6.45) is 3.80. The van der Waals surface area contributed by atoms with Crippen LogP contribution >= 0.6 is 11.3 Å². The maximum Gasteiger partial charge on any atom is 0.110 e. The third-order valence-electron chi connectivity index (χ3n) is 3.90. The smallest absolute Gasteiger partial charge is 0.110 e. The normalized spacial score (nSPS) is 19.8. The summed E-state index contributed by atoms with van der Waals surface area (Å²) in [5.74, 6) is 0. The Labute approximate surface area is 117 Å². The lowest BCUT2D eigenvalue weighted by Crippen LogP contribution is -2.26. The van der Waals surface area contributed by atoms with E-state index in [1.165, 1.54) is 35.5 Å². The topological polar surface area (TPSA) is 42.7 Å². The summed E-state index contributed by atoms with van der Waals surface area (Å²) in [6, 6.07) is 0.449. The number of rotatable bonds is 2. The van der Waals surface area contributed by atoms with Gasteiger partial charge in [-0.3, -0.25) is 4.68 Å². The molecular formula is C14H20N4S. The number of aryl methyl sites for hydroxylation is 2. The quantitative estimate of drug-likeness (QED) is 0.917. The molecule has 1 aliphatic rings. The maximum absolute atomic E-state index is 4.84. The van der Waals surface area contributed by atoms with Gasteiger partial charge in [-0.15, -0.1) is 11.3 Å². The second-order valence-corrected chi connectivity index (χ2v) is 6.13. The number of hydrogen-bond donors (Lipinski definition) is 1. The van der Waals surface area contributed by atoms with E-state index in [0.717, 1.165) is 17.9 Å². The van der Waals surface area contributed by atoms with Crippen molar-refractivity contribution in [2.75, 3.05) is 6.54 Å². The molecule has 0 bridgehead atoms. The van der Waals surface area contributed by atoms with E-state index in [-0.39, 0.29) is 0 Å². The molecule has 102 valence electrons. The highest BCUT2D eigenvalue weighted by Crippen LogP contribution is 2.32. The van der Waals surface area contributed by atoms with Crippen molar-refractivity contribution in [1.29, 1.82) is 0 Å². The zero-order valence-corrected chi connectivity index (χ0v) is 12.5. The summed E-state index contributed by atoms with van der Waals surface area (Å²) in [7, 11) is 1.99. The summed E-state index contributed by atoms with van der Waals surface area (Å²) in [5, 5.41) is 11.4. The molecule has 5 heteroatoms. The molecule has 2 aromatic heterocycles. The van der Waals surface area contributed by atoms with Crippen LogP contribution in [0.1, 0.15) is 41.7 Å². The van der Waals surface area contributed by atoms with E-state index >= 15 is 0 Å². The van der Waals surface area contributed by atoms with Crippen molar-refractivity contribution in [3.05, 3.63) is 21.8 Å². The zero-order valence-electron chi connectivity index (χ0n) is 11.7. The van der Waals surface area contributed by atoms with Gasteiger partial charge in [0.1, 0.15) is 5.01 Å². The van der Waals surface area contributed by atoms with Gasteiger partial charge < -0.3 is 5.32 Å². The molecule has 0 spiro atoms. The lowest BCUT2D eigenvalue weighted by molar-refractivity contribution is 0.411. The summed E-state index contributed by atoms with van der Waals surface area (Å²) in [4.78, 5) is 4.84. The summed E-state index contributed by atoms with van der Waals surface area (Å²) < 4.78 is 1.93. The lowest BCUT2D eigenvalue weighted by Gasteiger charge is -2.21. The molecule has 3 rings (SSSR count). The first kappa shape index (κ1) is 12.8. The Morgan fingerprint density at radius 3 is 2.84 bits per heavy atom. The Morgan fingerprint density at radius 1 is 1.37 bits per heavy atom. The minimum atomic E-state index is 0.449. The van der Waals surface area contributed by atoms with Gasteiger partial charge >= 0.3 is 0 Å². The average molecular weight is 276 g/mol. The SMILES string of the molecule is Cc1nn(C)c(C)c1-c1csc(C2CCCCN2)n1. The van der Waals surface area contributed by atoms with Gasteiger partial charge in [-0.2, -0.15) is 5.10 Å². The molecule has 0 aliphatic carbocycles. The predicted molar refractivity (Wildman–Crippen MR) is 78.4 cm³/mol. The molecule has 1 atom stereocenters. The standard InChI is InChI=1S/C14H20N4S/c1-9-13(10(2)18(3)17-9)12-8-19-14(16-12)11-6-4-5-7-15-11/h8,11,15H,4-7H2,1-3H3. The van der Waals surface area contributed by atoms with Crippen LogP contribution in [0.2, 0.25) is 0 Å². The van der Waals surface area contributed by atoms with Crippen LogP contribution < -0.4 is 5.32 Å². The van der Waals surface area contributed by atoms with Gasteiger partial charge in [0.2, 0.25) is 0 Å². The molecule has 0 amide bonds. The molecule has 1 aliphatic heterocycles. The van der Waals surface area contributed by atoms with Crippen LogP contribution in [0.15, 0.2) is 5.38 Å². The van der Waals surface area contributed by atoms with E-state index in [4.69, 9.17) is 4.98 Å². The van der Waals surface area contributed by atoms with Gasteiger partial charge in [-0.05, 0) is 33.2 Å². The van der Waals surface area contributed by atoms with E-state index in [9.17, 15) is 0 Å². The average Bonchev–Trinajstić information content (AvgIpc) is 2.97. The second-order valence-electron chi connectivity index (χ2n) is 5.24. The molecule has 2 aromatic rings. The number of aromatic nitrogens is 3. The minimum Gasteiger partial charge on any atom is -0.308 e. The fraction of sp³-hybridized carbons (Fsp3) is 0.571. The van der Waals surface area contributed by atoms with E-state index in [1.54, 1.807) is 11.3 Å². The van der Waals surface area contributed by atoms with Crippen molar-refractivity contribution in [3.63, 3.8) is 0 Å². The van der Waals surface area contributed by atoms with Gasteiger partial charge in [-0.25, -0.2) is 4.98 Å². The molecule has 19 heavy (non-hydrogen) atoms. The Hall–Kier alpha value is -1.20. The van der Waals surface area contributed by atoms with Crippen LogP contribution in [0.4, 0.5) is 0 Å². The van der Waals surface area contributed by atoms with E-state index in [0.29, 0.717) is 6.04 Å². The van der Waals surface area contributed by atoms with E-state index in [1.807, 2.05) is 11.7 Å². The Kier molecular flexibility index (Phi) is 3.41. The first-order valence-corrected chi connectivity index (χ1v) is 7.74. The van der Waals surface area contributed by atoms with Gasteiger partial charge in [0.05, 0.1) is 17.4 Å². The molecule has 1 fully saturated rings. The first-order valence-electron chi connectivity index (χ1n) is 6.86. The highest BCUT2D eigenvalue weighted by atomic mass is 32.1. The van der Waals surface area contributed by atoms with Crippen molar-refractivity contribution in [2.45, 2.75) is 39.2 Å². The molecular weight excluding hydrogens is 256 g/mol. The predicted octanol–water partition coefficient (Wildman–Crippen LogP) is 2.98. The number of thiazole rings is 1. The summed E-state index contributed by atoms with van der Waals surface area (Å²) in [6.45, 7) is 5.28. The summed E-state index contributed by atoms with van der Waals surface area (Å²) in [5.41, 5.74) is 4.52. The molecule has 1 saturated heterocycles. The molecule has 0 radical (unpaired) electrons. The molecule has 0 saturated carbocycles. The van der Waals surface area contributed by atoms with Crippen LogP contribution in [-0.2, 0) is 7.05 Å². The fourth-order valence-electron chi connectivity index (χ4n) is 2.77. The van der Waals surface area contributed by atoms with Crippen LogP contribution in [0.5, 0.6) is 0 Å². The molecule has 4 nitrogen and oxygen atoms in total. The number of nitrogens with zero attached hydrogens (tertiary/aromatic N) is 3. The second kappa shape index (κ2) is 5.06. The monoisotopic (exact) mass is 276 g/mol. The van der Waals surface area contributed by atoms with Crippen molar-refractivity contribution < 1.29 is 0 Å². The number of hydrogen-bond acceptors (Lipinski definition) is 4. The van der Waals surface area contributed by atoms with E-state index in [2.05, 4.69) is 29.6 Å². The number of piperidine rings is 1. The fourth-order valence-corrected chi connectivity index (χ4v) is 3.69. The Bertz CT molecular complexity index is 578. The third kappa shape index (κ3) is 2.32. The van der Waals surface area contributed by atoms with Gasteiger partial charge in [0.15, 0.2) is 0 Å². The van der Waals surface area contributed by atoms with Crippen LogP contribution in [0.3, 0.4) is 0 Å². The third-order valence-corrected chi connectivity index (χ3v) is 4.85. The first-order chi connectivity index (χ1) is 9.16. The molecule has 0 aromatic carbocycles. The largest absolute Gasteiger partial charge is 0.308 e. The lowest BCUT2D eigenvalue weighted by atomic mass is 10.1. The Morgan fingerprint density at radius 2 is 2.21 bits per heavy atom. The van der Waals surface area contributed by atoms with Crippen molar-refractivity contribution in [3.8, 4) is 11.3 Å². The van der Waals surface area contributed by atoms with Crippen molar-refractivity contribution in [2.24, 2.45) is 7.05 Å². The highest BCUT2D eigenvalue weighted by molar-refractivity contribution is 7.10. The zero-order chi connectivity index (χ0) is 13.4. The van der Waals surface area contributed by atoms with Gasteiger partial charge in [-0.1, -0.05) is 6.42 Å². The highest BCUT2D eigenvalue weighted by Gasteiger charge is 2.20. The van der Waals surface area contributed by atoms with E-state index < -0.39 is 0 Å². The van der Waals surface area contributed by atoms with Crippen LogP contribution in [-0.4, -0.2) is 21.3 Å². The number of nitrogens with one attached hydrogen (secondary N) is 1. The van der Waals surface area contributed by atoms with Crippen molar-refractivity contribution in [1.82, 2.24) is 20.1 Å². The van der Waals surface area contributed by atoms with Crippen LogP contribution in [0, 0.1) is 13.8 Å². The maximum atomic E-state index is 4.84.